The van der Waals surface area contributed by atoms with Gasteiger partial charge in [-0.15, -0.1) is 0 Å². The van der Waals surface area contributed by atoms with Crippen molar-refractivity contribution in [2.75, 3.05) is 0 Å². The first kappa shape index (κ1) is 15.2. The molecule has 0 unspecified atom stereocenters. The summed E-state index contributed by atoms with van der Waals surface area (Å²) in [7, 11) is -3.62. The smallest absolute Gasteiger partial charge is 0.264 e. The van der Waals surface area contributed by atoms with Gasteiger partial charge in [-0.1, -0.05) is 30.7 Å². The fourth-order valence-electron chi connectivity index (χ4n) is 1.71. The molecule has 1 aromatic heterocycles. The van der Waals surface area contributed by atoms with Crippen LogP contribution in [0.4, 0.5) is 0 Å². The van der Waals surface area contributed by atoms with Gasteiger partial charge >= 0.3 is 0 Å². The van der Waals surface area contributed by atoms with Crippen LogP contribution in [0.1, 0.15) is 24.0 Å². The van der Waals surface area contributed by atoms with Crippen LogP contribution in [0.25, 0.3) is 0 Å². The fourth-order valence-corrected chi connectivity index (χ4v) is 2.51. The maximum Gasteiger partial charge on any atom is 0.276 e. The zero-order valence-corrected chi connectivity index (χ0v) is 12.7. The Morgan fingerprint density at radius 1 is 1.24 bits per heavy atom. The van der Waals surface area contributed by atoms with Gasteiger partial charge in [0.1, 0.15) is 0 Å². The molecule has 1 N–H and O–H groups in total. The largest absolute Gasteiger partial charge is 0.276 e. The van der Waals surface area contributed by atoms with Crippen LogP contribution >= 0.6 is 0 Å². The highest BCUT2D eigenvalue weighted by molar-refractivity contribution is 7.89. The third-order valence-corrected chi connectivity index (χ3v) is 4.25. The zero-order chi connectivity index (χ0) is 15.3. The lowest BCUT2D eigenvalue weighted by atomic mass is 10.1. The number of benzene rings is 1. The van der Waals surface area contributed by atoms with Crippen molar-refractivity contribution in [3.8, 4) is 0 Å². The highest BCUT2D eigenvalue weighted by atomic mass is 32.2. The molecule has 0 aliphatic rings. The Hall–Kier alpha value is -2.21. The van der Waals surface area contributed by atoms with E-state index in [1.165, 1.54) is 0 Å². The normalized spacial score (nSPS) is 13.2. The predicted molar refractivity (Wildman–Crippen MR) is 82.6 cm³/mol. The Labute approximate surface area is 124 Å². The van der Waals surface area contributed by atoms with Gasteiger partial charge in [-0.25, -0.2) is 4.83 Å². The molecule has 110 valence electrons. The first-order valence-electron chi connectivity index (χ1n) is 6.50. The van der Waals surface area contributed by atoms with E-state index in [1.54, 1.807) is 42.9 Å². The van der Waals surface area contributed by atoms with Crippen molar-refractivity contribution in [3.63, 3.8) is 0 Å². The van der Waals surface area contributed by atoms with Crippen molar-refractivity contribution in [3.05, 3.63) is 59.9 Å². The van der Waals surface area contributed by atoms with Crippen LogP contribution in [0.3, 0.4) is 0 Å². The molecule has 0 aliphatic heterocycles. The Bertz CT molecular complexity index is 710. The monoisotopic (exact) mass is 303 g/mol. The minimum absolute atomic E-state index is 0.0283. The summed E-state index contributed by atoms with van der Waals surface area (Å²) in [5.74, 6) is -0.0283. The molecule has 0 saturated carbocycles. The van der Waals surface area contributed by atoms with Gasteiger partial charge in [0.25, 0.3) is 10.0 Å². The van der Waals surface area contributed by atoms with E-state index < -0.39 is 10.0 Å². The lowest BCUT2D eigenvalue weighted by Gasteiger charge is -2.06. The highest BCUT2D eigenvalue weighted by Gasteiger charge is 2.12. The van der Waals surface area contributed by atoms with Crippen molar-refractivity contribution < 1.29 is 8.42 Å². The van der Waals surface area contributed by atoms with E-state index in [0.29, 0.717) is 0 Å². The van der Waals surface area contributed by atoms with Crippen molar-refractivity contribution in [2.24, 2.45) is 5.10 Å². The number of pyridine rings is 1. The molecule has 0 radical (unpaired) electrons. The number of rotatable bonds is 5. The summed E-state index contributed by atoms with van der Waals surface area (Å²) in [6, 6.07) is 10.3. The molecule has 0 amide bonds. The highest BCUT2D eigenvalue weighted by Crippen LogP contribution is 2.12. The third kappa shape index (κ3) is 4.13. The standard InChI is InChI=1S/C15H17N3O2S/c1-12-5-7-15(8-6-12)21(19,20)18-17-10-13(2)14-4-3-9-16-11-14/h3-11,13,18H,1-2H3/b17-10+/t13-/m1/s1. The second kappa shape index (κ2) is 6.49. The molecular weight excluding hydrogens is 286 g/mol. The van der Waals surface area contributed by atoms with Crippen molar-refractivity contribution in [2.45, 2.75) is 24.7 Å². The summed E-state index contributed by atoms with van der Waals surface area (Å²) in [6.07, 6.45) is 4.96. The molecule has 0 spiro atoms. The van der Waals surface area contributed by atoms with E-state index in [1.807, 2.05) is 26.0 Å². The fraction of sp³-hybridized carbons (Fsp3) is 0.200. The van der Waals surface area contributed by atoms with Gasteiger partial charge in [0.05, 0.1) is 4.90 Å². The molecule has 0 aliphatic carbocycles. The molecule has 0 fully saturated rings. The number of nitrogens with zero attached hydrogens (tertiary/aromatic N) is 2. The zero-order valence-electron chi connectivity index (χ0n) is 11.9. The maximum atomic E-state index is 12.0. The number of aromatic nitrogens is 1. The average Bonchev–Trinajstić information content (AvgIpc) is 2.48. The van der Waals surface area contributed by atoms with E-state index in [-0.39, 0.29) is 10.8 Å². The number of nitrogens with one attached hydrogen (secondary N) is 1. The molecule has 5 nitrogen and oxygen atoms in total. The average molecular weight is 303 g/mol. The summed E-state index contributed by atoms with van der Waals surface area (Å²) in [5, 5.41) is 3.83. The SMILES string of the molecule is Cc1ccc(S(=O)(=O)N/N=C/[C@@H](C)c2cccnc2)cc1. The summed E-state index contributed by atoms with van der Waals surface area (Å²) in [6.45, 7) is 3.82. The lowest BCUT2D eigenvalue weighted by Crippen LogP contribution is -2.18. The molecule has 2 rings (SSSR count). The Balaban J connectivity index is 2.05. The van der Waals surface area contributed by atoms with E-state index >= 15 is 0 Å². The van der Waals surface area contributed by atoms with Crippen LogP contribution in [0.2, 0.25) is 0 Å². The van der Waals surface area contributed by atoms with E-state index in [9.17, 15) is 8.42 Å². The molecule has 1 atom stereocenters. The first-order chi connectivity index (χ1) is 9.99. The lowest BCUT2D eigenvalue weighted by molar-refractivity contribution is 0.584. The van der Waals surface area contributed by atoms with Crippen molar-refractivity contribution in [1.82, 2.24) is 9.82 Å². The van der Waals surface area contributed by atoms with Crippen LogP contribution in [-0.4, -0.2) is 19.6 Å². The first-order valence-corrected chi connectivity index (χ1v) is 7.99. The van der Waals surface area contributed by atoms with Gasteiger partial charge in [0.2, 0.25) is 0 Å². The third-order valence-electron chi connectivity index (χ3n) is 3.01. The van der Waals surface area contributed by atoms with Crippen LogP contribution in [0.5, 0.6) is 0 Å². The predicted octanol–water partition coefficient (Wildman–Crippen LogP) is 2.46. The molecule has 1 heterocycles. The van der Waals surface area contributed by atoms with Crippen LogP contribution < -0.4 is 4.83 Å². The quantitative estimate of drug-likeness (QED) is 0.681. The number of hydrogen-bond donors (Lipinski definition) is 1. The van der Waals surface area contributed by atoms with Crippen LogP contribution in [-0.2, 0) is 10.0 Å². The van der Waals surface area contributed by atoms with Gasteiger partial charge in [0, 0.05) is 24.5 Å². The van der Waals surface area contributed by atoms with Crippen LogP contribution in [0, 0.1) is 6.92 Å². The van der Waals surface area contributed by atoms with Gasteiger partial charge in [-0.05, 0) is 30.7 Å². The number of hydrazone groups is 1. The number of hydrogen-bond acceptors (Lipinski definition) is 4. The Morgan fingerprint density at radius 3 is 2.57 bits per heavy atom. The minimum atomic E-state index is -3.62. The molecule has 21 heavy (non-hydrogen) atoms. The van der Waals surface area contributed by atoms with E-state index in [4.69, 9.17) is 0 Å². The number of aryl methyl sites for hydroxylation is 1. The minimum Gasteiger partial charge on any atom is -0.264 e. The van der Waals surface area contributed by atoms with Gasteiger partial charge in [-0.2, -0.15) is 13.5 Å². The molecular formula is C15H17N3O2S. The van der Waals surface area contributed by atoms with Crippen molar-refractivity contribution in [1.29, 1.82) is 0 Å². The summed E-state index contributed by atoms with van der Waals surface area (Å²) < 4.78 is 24.0. The van der Waals surface area contributed by atoms with Gasteiger partial charge in [0.15, 0.2) is 0 Å². The van der Waals surface area contributed by atoms with Crippen molar-refractivity contribution >= 4 is 16.2 Å². The Morgan fingerprint density at radius 2 is 1.95 bits per heavy atom. The summed E-state index contributed by atoms with van der Waals surface area (Å²) >= 11 is 0. The summed E-state index contributed by atoms with van der Waals surface area (Å²) in [4.78, 5) is 6.43. The number of sulfonamides is 1. The van der Waals surface area contributed by atoms with E-state index in [0.717, 1.165) is 11.1 Å². The molecule has 0 saturated heterocycles. The van der Waals surface area contributed by atoms with E-state index in [2.05, 4.69) is 14.9 Å². The molecule has 0 bridgehead atoms. The topological polar surface area (TPSA) is 71.4 Å². The van der Waals surface area contributed by atoms with Gasteiger partial charge in [-0.3, -0.25) is 4.98 Å². The second-order valence-electron chi connectivity index (χ2n) is 4.76. The summed E-state index contributed by atoms with van der Waals surface area (Å²) in [5.41, 5.74) is 1.97. The molecule has 1 aromatic carbocycles. The van der Waals surface area contributed by atoms with Crippen LogP contribution in [0.15, 0.2) is 58.8 Å². The van der Waals surface area contributed by atoms with Gasteiger partial charge < -0.3 is 0 Å². The molecule has 6 heteroatoms. The second-order valence-corrected chi connectivity index (χ2v) is 6.42. The molecule has 2 aromatic rings. The Kier molecular flexibility index (Phi) is 4.70. The maximum absolute atomic E-state index is 12.0.